The zero-order chi connectivity index (χ0) is 18.0. The van der Waals surface area contributed by atoms with Gasteiger partial charge in [0, 0.05) is 28.9 Å². The first-order valence-corrected chi connectivity index (χ1v) is 8.41. The molecule has 3 rings (SSSR count). The number of carbonyl (C=O) groups excluding carboxylic acids is 1. The first-order valence-electron chi connectivity index (χ1n) is 7.65. The molecule has 0 saturated carbocycles. The second-order valence-electron chi connectivity index (χ2n) is 5.66. The topological polar surface area (TPSA) is 70.7 Å². The lowest BCUT2D eigenvalue weighted by Crippen LogP contribution is -2.23. The number of carbonyl (C=O) groups is 1. The number of aromatic nitrogens is 3. The molecule has 25 heavy (non-hydrogen) atoms. The number of H-pyrrole nitrogens is 1. The maximum Gasteiger partial charge on any atom is 0.268 e. The van der Waals surface area contributed by atoms with Crippen LogP contribution in [0.2, 0.25) is 10.2 Å². The highest BCUT2D eigenvalue weighted by molar-refractivity contribution is 6.30. The van der Waals surface area contributed by atoms with Crippen LogP contribution in [0.4, 0.5) is 0 Å². The molecule has 0 aliphatic heterocycles. The van der Waals surface area contributed by atoms with Gasteiger partial charge in [0.15, 0.2) is 0 Å². The van der Waals surface area contributed by atoms with Crippen molar-refractivity contribution in [3.8, 4) is 11.3 Å². The number of hydrogen-bond donors (Lipinski definition) is 2. The molecule has 0 spiro atoms. The van der Waals surface area contributed by atoms with E-state index in [0.717, 1.165) is 22.4 Å². The SMILES string of the molecule is Cc1[nH]c(C(=O)NCc2cccc(Cl)c2)c(C)c1-c1cc(Cl)ncn1. The average Bonchev–Trinajstić information content (AvgIpc) is 2.87. The Kier molecular flexibility index (Phi) is 5.06. The van der Waals surface area contributed by atoms with Crippen LogP contribution in [0.1, 0.15) is 27.3 Å². The van der Waals surface area contributed by atoms with Crippen molar-refractivity contribution >= 4 is 29.1 Å². The van der Waals surface area contributed by atoms with Gasteiger partial charge in [-0.1, -0.05) is 35.3 Å². The summed E-state index contributed by atoms with van der Waals surface area (Å²) in [5, 5.41) is 3.90. The average molecular weight is 375 g/mol. The Morgan fingerprint density at radius 3 is 2.72 bits per heavy atom. The van der Waals surface area contributed by atoms with E-state index >= 15 is 0 Å². The lowest BCUT2D eigenvalue weighted by atomic mass is 10.1. The fraction of sp³-hybridized carbons (Fsp3) is 0.167. The highest BCUT2D eigenvalue weighted by Crippen LogP contribution is 2.29. The third kappa shape index (κ3) is 3.83. The van der Waals surface area contributed by atoms with E-state index in [1.165, 1.54) is 6.33 Å². The second-order valence-corrected chi connectivity index (χ2v) is 6.49. The molecule has 1 aromatic carbocycles. The van der Waals surface area contributed by atoms with Gasteiger partial charge in [0.25, 0.3) is 5.91 Å². The van der Waals surface area contributed by atoms with Crippen LogP contribution in [0.25, 0.3) is 11.3 Å². The Morgan fingerprint density at radius 1 is 1.20 bits per heavy atom. The minimum atomic E-state index is -0.188. The Hall–Kier alpha value is -2.37. The molecular formula is C18H16Cl2N4O. The number of amides is 1. The molecule has 2 N–H and O–H groups in total. The van der Waals surface area contributed by atoms with Gasteiger partial charge >= 0.3 is 0 Å². The van der Waals surface area contributed by atoms with Gasteiger partial charge in [-0.3, -0.25) is 4.79 Å². The van der Waals surface area contributed by atoms with Gasteiger partial charge in [0.05, 0.1) is 5.69 Å². The van der Waals surface area contributed by atoms with Crippen LogP contribution in [0, 0.1) is 13.8 Å². The molecule has 0 atom stereocenters. The molecule has 5 nitrogen and oxygen atoms in total. The Labute approximate surface area is 155 Å². The molecule has 0 unspecified atom stereocenters. The molecule has 1 amide bonds. The lowest BCUT2D eigenvalue weighted by Gasteiger charge is -2.06. The molecule has 0 saturated heterocycles. The Morgan fingerprint density at radius 2 is 2.00 bits per heavy atom. The van der Waals surface area contributed by atoms with Crippen molar-refractivity contribution in [3.63, 3.8) is 0 Å². The first-order chi connectivity index (χ1) is 12.0. The molecule has 0 aliphatic rings. The number of rotatable bonds is 4. The van der Waals surface area contributed by atoms with Crippen LogP contribution in [-0.4, -0.2) is 20.9 Å². The smallest absolute Gasteiger partial charge is 0.268 e. The fourth-order valence-corrected chi connectivity index (χ4v) is 3.11. The zero-order valence-corrected chi connectivity index (χ0v) is 15.2. The molecule has 3 aromatic rings. The number of benzene rings is 1. The van der Waals surface area contributed by atoms with Crippen molar-refractivity contribution in [1.29, 1.82) is 0 Å². The second kappa shape index (κ2) is 7.25. The van der Waals surface area contributed by atoms with Crippen LogP contribution >= 0.6 is 23.2 Å². The number of aromatic amines is 1. The van der Waals surface area contributed by atoms with Crippen molar-refractivity contribution < 1.29 is 4.79 Å². The van der Waals surface area contributed by atoms with Crippen LogP contribution < -0.4 is 5.32 Å². The van der Waals surface area contributed by atoms with Gasteiger partial charge in [-0.2, -0.15) is 0 Å². The molecule has 0 aliphatic carbocycles. The summed E-state index contributed by atoms with van der Waals surface area (Å²) in [5.74, 6) is -0.188. The zero-order valence-electron chi connectivity index (χ0n) is 13.7. The third-order valence-corrected chi connectivity index (χ3v) is 4.34. The van der Waals surface area contributed by atoms with Crippen molar-refractivity contribution in [2.45, 2.75) is 20.4 Å². The van der Waals surface area contributed by atoms with Crippen molar-refractivity contribution in [3.05, 3.63) is 69.3 Å². The van der Waals surface area contributed by atoms with Crippen LogP contribution in [-0.2, 0) is 6.54 Å². The summed E-state index contributed by atoms with van der Waals surface area (Å²) in [5.41, 5.74) is 4.64. The van der Waals surface area contributed by atoms with E-state index < -0.39 is 0 Å². The van der Waals surface area contributed by atoms with E-state index in [4.69, 9.17) is 23.2 Å². The fourth-order valence-electron chi connectivity index (χ4n) is 2.75. The highest BCUT2D eigenvalue weighted by Gasteiger charge is 2.19. The maximum absolute atomic E-state index is 12.6. The van der Waals surface area contributed by atoms with Gasteiger partial charge < -0.3 is 10.3 Å². The minimum Gasteiger partial charge on any atom is -0.354 e. The number of nitrogens with zero attached hydrogens (tertiary/aromatic N) is 2. The molecular weight excluding hydrogens is 359 g/mol. The number of nitrogens with one attached hydrogen (secondary N) is 2. The lowest BCUT2D eigenvalue weighted by molar-refractivity contribution is 0.0946. The van der Waals surface area contributed by atoms with E-state index in [9.17, 15) is 4.79 Å². The predicted octanol–water partition coefficient (Wildman–Crippen LogP) is 4.33. The van der Waals surface area contributed by atoms with Gasteiger partial charge in [-0.25, -0.2) is 9.97 Å². The van der Waals surface area contributed by atoms with Crippen molar-refractivity contribution in [2.24, 2.45) is 0 Å². The molecule has 7 heteroatoms. The van der Waals surface area contributed by atoms with Crippen molar-refractivity contribution in [1.82, 2.24) is 20.3 Å². The molecule has 0 radical (unpaired) electrons. The summed E-state index contributed by atoms with van der Waals surface area (Å²) >= 11 is 11.9. The van der Waals surface area contributed by atoms with Gasteiger partial charge in [0.2, 0.25) is 0 Å². The van der Waals surface area contributed by atoms with Gasteiger partial charge in [-0.15, -0.1) is 0 Å². The quantitative estimate of drug-likeness (QED) is 0.667. The predicted molar refractivity (Wildman–Crippen MR) is 98.9 cm³/mol. The number of aryl methyl sites for hydroxylation is 1. The molecule has 2 heterocycles. The molecule has 0 fully saturated rings. The summed E-state index contributed by atoms with van der Waals surface area (Å²) < 4.78 is 0. The minimum absolute atomic E-state index is 0.188. The van der Waals surface area contributed by atoms with Gasteiger partial charge in [0.1, 0.15) is 17.2 Å². The largest absolute Gasteiger partial charge is 0.354 e. The summed E-state index contributed by atoms with van der Waals surface area (Å²) in [4.78, 5) is 23.8. The summed E-state index contributed by atoms with van der Waals surface area (Å²) in [6.45, 7) is 4.17. The molecule has 128 valence electrons. The van der Waals surface area contributed by atoms with E-state index in [1.807, 2.05) is 32.0 Å². The number of halogens is 2. The summed E-state index contributed by atoms with van der Waals surface area (Å²) in [6.07, 6.45) is 1.41. The van der Waals surface area contributed by atoms with Crippen LogP contribution in [0.3, 0.4) is 0 Å². The molecule has 2 aromatic heterocycles. The van der Waals surface area contributed by atoms with E-state index in [-0.39, 0.29) is 5.91 Å². The van der Waals surface area contributed by atoms with Gasteiger partial charge in [-0.05, 0) is 37.1 Å². The van der Waals surface area contributed by atoms with E-state index in [1.54, 1.807) is 12.1 Å². The van der Waals surface area contributed by atoms with Crippen LogP contribution in [0.5, 0.6) is 0 Å². The maximum atomic E-state index is 12.6. The van der Waals surface area contributed by atoms with E-state index in [0.29, 0.717) is 28.1 Å². The third-order valence-electron chi connectivity index (χ3n) is 3.90. The Bertz CT molecular complexity index is 937. The normalized spacial score (nSPS) is 10.7. The first kappa shape index (κ1) is 17.5. The standard InChI is InChI=1S/C18H16Cl2N4O/c1-10-16(14-7-15(20)23-9-22-14)11(2)24-17(10)18(25)21-8-12-4-3-5-13(19)6-12/h3-7,9,24H,8H2,1-2H3,(H,21,25). The monoisotopic (exact) mass is 374 g/mol. The van der Waals surface area contributed by atoms with Crippen molar-refractivity contribution in [2.75, 3.05) is 0 Å². The Balaban J connectivity index is 1.83. The molecule has 0 bridgehead atoms. The summed E-state index contributed by atoms with van der Waals surface area (Å²) in [7, 11) is 0. The van der Waals surface area contributed by atoms with Crippen LogP contribution in [0.15, 0.2) is 36.7 Å². The highest BCUT2D eigenvalue weighted by atomic mass is 35.5. The van der Waals surface area contributed by atoms with E-state index in [2.05, 4.69) is 20.3 Å². The summed E-state index contributed by atoms with van der Waals surface area (Å²) in [6, 6.07) is 9.06. The number of hydrogen-bond acceptors (Lipinski definition) is 3.